The molecular formula is C26H24O3S. The molecule has 0 fully saturated rings. The molecule has 3 aromatic rings. The molecule has 0 spiro atoms. The van der Waals surface area contributed by atoms with Gasteiger partial charge in [0.05, 0.1) is 6.42 Å². The smallest absolute Gasteiger partial charge is 0.348 e. The van der Waals surface area contributed by atoms with Crippen LogP contribution >= 0.6 is 11.8 Å². The molecule has 4 rings (SSSR count). The second kappa shape index (κ2) is 9.23. The van der Waals surface area contributed by atoms with E-state index < -0.39 is 11.6 Å². The van der Waals surface area contributed by atoms with Crippen LogP contribution in [0.1, 0.15) is 29.5 Å². The zero-order chi connectivity index (χ0) is 20.8. The molecule has 0 saturated carbocycles. The highest BCUT2D eigenvalue weighted by Gasteiger charge is 2.43. The quantitative estimate of drug-likeness (QED) is 0.468. The fourth-order valence-corrected chi connectivity index (χ4v) is 4.68. The van der Waals surface area contributed by atoms with Crippen molar-refractivity contribution in [2.45, 2.75) is 30.6 Å². The summed E-state index contributed by atoms with van der Waals surface area (Å²) >= 11 is 1.33. The Morgan fingerprint density at radius 1 is 0.833 bits per heavy atom. The van der Waals surface area contributed by atoms with Crippen LogP contribution in [0.5, 0.6) is 0 Å². The van der Waals surface area contributed by atoms with Crippen molar-refractivity contribution in [2.75, 3.05) is 0 Å². The van der Waals surface area contributed by atoms with Gasteiger partial charge in [-0.25, -0.2) is 4.79 Å². The van der Waals surface area contributed by atoms with E-state index >= 15 is 0 Å². The lowest BCUT2D eigenvalue weighted by atomic mass is 9.82. The van der Waals surface area contributed by atoms with Crippen LogP contribution in [0.4, 0.5) is 0 Å². The maximum atomic E-state index is 13.0. The number of hydrogen-bond acceptors (Lipinski definition) is 4. The van der Waals surface area contributed by atoms with Crippen molar-refractivity contribution in [1.82, 2.24) is 0 Å². The first kappa shape index (κ1) is 20.3. The fourth-order valence-electron chi connectivity index (χ4n) is 3.78. The molecule has 1 aliphatic heterocycles. The molecule has 152 valence electrons. The summed E-state index contributed by atoms with van der Waals surface area (Å²) in [6, 6.07) is 29.8. The summed E-state index contributed by atoms with van der Waals surface area (Å²) in [5.41, 5.74) is 2.32. The number of carbonyl (C=O) groups is 1. The highest BCUT2D eigenvalue weighted by atomic mass is 32.2. The van der Waals surface area contributed by atoms with Crippen molar-refractivity contribution in [3.05, 3.63) is 118 Å². The minimum Gasteiger partial charge on any atom is -0.511 e. The molecule has 0 aromatic heterocycles. The topological polar surface area (TPSA) is 46.5 Å². The Labute approximate surface area is 181 Å². The number of hydrogen-bond donors (Lipinski definition) is 1. The minimum absolute atomic E-state index is 0.115. The number of thioether (sulfide) groups is 1. The predicted molar refractivity (Wildman–Crippen MR) is 121 cm³/mol. The Morgan fingerprint density at radius 2 is 1.40 bits per heavy atom. The number of rotatable bonds is 7. The molecule has 1 N–H and O–H groups in total. The fraction of sp³-hybridized carbons (Fsp3) is 0.192. The van der Waals surface area contributed by atoms with Gasteiger partial charge in [-0.05, 0) is 29.5 Å². The molecule has 1 heterocycles. The normalized spacial score (nSPS) is 18.9. The number of ether oxygens (including phenoxy) is 1. The van der Waals surface area contributed by atoms with Crippen LogP contribution in [-0.4, -0.2) is 11.1 Å². The number of benzene rings is 3. The van der Waals surface area contributed by atoms with E-state index in [0.29, 0.717) is 17.1 Å². The average molecular weight is 417 g/mol. The van der Waals surface area contributed by atoms with E-state index in [-0.39, 0.29) is 12.2 Å². The third kappa shape index (κ3) is 4.60. The van der Waals surface area contributed by atoms with Gasteiger partial charge in [-0.2, -0.15) is 0 Å². The largest absolute Gasteiger partial charge is 0.511 e. The summed E-state index contributed by atoms with van der Waals surface area (Å²) in [4.78, 5) is 13.3. The maximum Gasteiger partial charge on any atom is 0.348 e. The van der Waals surface area contributed by atoms with E-state index in [9.17, 15) is 9.90 Å². The van der Waals surface area contributed by atoms with E-state index in [1.807, 2.05) is 78.9 Å². The van der Waals surface area contributed by atoms with E-state index in [4.69, 9.17) is 4.74 Å². The van der Waals surface area contributed by atoms with Crippen LogP contribution in [0.15, 0.2) is 102 Å². The Morgan fingerprint density at radius 3 is 2.00 bits per heavy atom. The molecule has 0 bridgehead atoms. The van der Waals surface area contributed by atoms with Gasteiger partial charge < -0.3 is 9.84 Å². The molecular weight excluding hydrogens is 392 g/mol. The first-order valence-corrected chi connectivity index (χ1v) is 11.1. The summed E-state index contributed by atoms with van der Waals surface area (Å²) < 4.78 is 6.08. The Balaban J connectivity index is 1.58. The molecule has 30 heavy (non-hydrogen) atoms. The highest BCUT2D eigenvalue weighted by Crippen LogP contribution is 2.44. The van der Waals surface area contributed by atoms with Crippen molar-refractivity contribution in [2.24, 2.45) is 0 Å². The average Bonchev–Trinajstić information content (AvgIpc) is 2.79. The second-order valence-electron chi connectivity index (χ2n) is 7.46. The molecule has 4 heteroatoms. The molecule has 1 atom stereocenters. The number of carbonyl (C=O) groups excluding carboxylic acids is 1. The number of esters is 1. The lowest BCUT2D eigenvalue weighted by Gasteiger charge is -2.37. The first-order chi connectivity index (χ1) is 14.7. The van der Waals surface area contributed by atoms with Crippen molar-refractivity contribution in [1.29, 1.82) is 0 Å². The van der Waals surface area contributed by atoms with Gasteiger partial charge in [-0.1, -0.05) is 91.0 Å². The standard InChI is InChI=1S/C26H24O3S/c27-23-18-26(22-14-8-3-9-15-22,17-16-20-10-4-1-5-11-20)29-25(28)24(23)30-19-21-12-6-2-7-13-21/h1-15,27H,16-19H2. The van der Waals surface area contributed by atoms with Gasteiger partial charge >= 0.3 is 5.97 Å². The monoisotopic (exact) mass is 416 g/mol. The van der Waals surface area contributed by atoms with Crippen LogP contribution in [0, 0.1) is 0 Å². The van der Waals surface area contributed by atoms with Crippen molar-refractivity contribution >= 4 is 17.7 Å². The Hall–Kier alpha value is -2.98. The van der Waals surface area contributed by atoms with E-state index in [1.165, 1.54) is 17.3 Å². The highest BCUT2D eigenvalue weighted by molar-refractivity contribution is 8.03. The molecule has 0 aliphatic carbocycles. The SMILES string of the molecule is O=C1OC(CCc2ccccc2)(c2ccccc2)CC(O)=C1SCc1ccccc1. The molecule has 0 amide bonds. The third-order valence-corrected chi connectivity index (χ3v) is 6.54. The van der Waals surface area contributed by atoms with E-state index in [1.54, 1.807) is 0 Å². The predicted octanol–water partition coefficient (Wildman–Crippen LogP) is 6.16. The summed E-state index contributed by atoms with van der Waals surface area (Å²) in [6.07, 6.45) is 1.64. The minimum atomic E-state index is -0.866. The van der Waals surface area contributed by atoms with Gasteiger partial charge in [0.2, 0.25) is 0 Å². The first-order valence-electron chi connectivity index (χ1n) is 10.1. The van der Waals surface area contributed by atoms with Crippen LogP contribution in [0.2, 0.25) is 0 Å². The van der Waals surface area contributed by atoms with Crippen molar-refractivity contribution in [3.63, 3.8) is 0 Å². The molecule has 0 radical (unpaired) electrons. The Bertz CT molecular complexity index is 1020. The van der Waals surface area contributed by atoms with Gasteiger partial charge in [0, 0.05) is 5.75 Å². The number of aliphatic hydroxyl groups is 1. The summed E-state index contributed by atoms with van der Waals surface area (Å²) in [5.74, 6) is 0.276. The Kier molecular flexibility index (Phi) is 6.24. The van der Waals surface area contributed by atoms with Crippen LogP contribution < -0.4 is 0 Å². The van der Waals surface area contributed by atoms with Crippen molar-refractivity contribution in [3.8, 4) is 0 Å². The van der Waals surface area contributed by atoms with E-state index in [0.717, 1.165) is 17.5 Å². The van der Waals surface area contributed by atoms with Crippen LogP contribution in [0.25, 0.3) is 0 Å². The molecule has 1 unspecified atom stereocenters. The van der Waals surface area contributed by atoms with Gasteiger partial charge in [0.25, 0.3) is 0 Å². The van der Waals surface area contributed by atoms with E-state index in [2.05, 4.69) is 12.1 Å². The molecule has 3 aromatic carbocycles. The number of aryl methyl sites for hydroxylation is 1. The van der Waals surface area contributed by atoms with Gasteiger partial charge in [0.15, 0.2) is 0 Å². The van der Waals surface area contributed by atoms with Crippen molar-refractivity contribution < 1.29 is 14.6 Å². The molecule has 3 nitrogen and oxygen atoms in total. The van der Waals surface area contributed by atoms with Gasteiger partial charge in [-0.15, -0.1) is 11.8 Å². The van der Waals surface area contributed by atoms with Gasteiger partial charge in [-0.3, -0.25) is 0 Å². The third-order valence-electron chi connectivity index (χ3n) is 5.37. The van der Waals surface area contributed by atoms with Crippen LogP contribution in [0.3, 0.4) is 0 Å². The molecule has 0 saturated heterocycles. The summed E-state index contributed by atoms with van der Waals surface area (Å²) in [7, 11) is 0. The zero-order valence-electron chi connectivity index (χ0n) is 16.7. The second-order valence-corrected chi connectivity index (χ2v) is 8.45. The summed E-state index contributed by atoms with van der Waals surface area (Å²) in [6.45, 7) is 0. The van der Waals surface area contributed by atoms with Crippen LogP contribution in [-0.2, 0) is 27.3 Å². The lowest BCUT2D eigenvalue weighted by Crippen LogP contribution is -2.38. The number of cyclic esters (lactones) is 1. The van der Waals surface area contributed by atoms with Gasteiger partial charge in [0.1, 0.15) is 16.3 Å². The summed E-state index contributed by atoms with van der Waals surface area (Å²) in [5, 5.41) is 10.9. The maximum absolute atomic E-state index is 13.0. The molecule has 1 aliphatic rings. The lowest BCUT2D eigenvalue weighted by molar-refractivity contribution is -0.160. The zero-order valence-corrected chi connectivity index (χ0v) is 17.5. The number of aliphatic hydroxyl groups excluding tert-OH is 1.